The van der Waals surface area contributed by atoms with Gasteiger partial charge < -0.3 is 4.74 Å². The summed E-state index contributed by atoms with van der Waals surface area (Å²) in [5.41, 5.74) is 4.77. The fourth-order valence-electron chi connectivity index (χ4n) is 2.49. The second-order valence-corrected chi connectivity index (χ2v) is 6.29. The molecule has 2 nitrogen and oxygen atoms in total. The maximum absolute atomic E-state index is 12.1. The van der Waals surface area contributed by atoms with Crippen LogP contribution in [0.4, 0.5) is 0 Å². The molecular formula is C19H15BrO2. The Morgan fingerprint density at radius 2 is 1.91 bits per heavy atom. The van der Waals surface area contributed by atoms with E-state index in [4.69, 9.17) is 4.74 Å². The van der Waals surface area contributed by atoms with Crippen LogP contribution in [-0.2, 0) is 9.53 Å². The van der Waals surface area contributed by atoms with E-state index in [2.05, 4.69) is 22.0 Å². The number of ether oxygens (including phenoxy) is 1. The third-order valence-corrected chi connectivity index (χ3v) is 4.04. The van der Waals surface area contributed by atoms with Crippen molar-refractivity contribution in [1.29, 1.82) is 0 Å². The van der Waals surface area contributed by atoms with E-state index < -0.39 is 0 Å². The topological polar surface area (TPSA) is 26.3 Å². The van der Waals surface area contributed by atoms with E-state index in [1.54, 1.807) is 6.08 Å². The molecule has 3 rings (SSSR count). The van der Waals surface area contributed by atoms with Crippen LogP contribution in [0.1, 0.15) is 22.3 Å². The predicted octanol–water partition coefficient (Wildman–Crippen LogP) is 5.05. The first-order chi connectivity index (χ1) is 10.5. The van der Waals surface area contributed by atoms with Gasteiger partial charge in [0, 0.05) is 10.0 Å². The lowest BCUT2D eigenvalue weighted by Gasteiger charge is -2.06. The number of hydrogen-bond donors (Lipinski definition) is 0. The van der Waals surface area contributed by atoms with Crippen molar-refractivity contribution in [2.45, 2.75) is 13.8 Å². The molecule has 0 saturated carbocycles. The number of halogens is 1. The van der Waals surface area contributed by atoms with Crippen LogP contribution in [0.25, 0.3) is 11.8 Å². The largest absolute Gasteiger partial charge is 0.422 e. The highest BCUT2D eigenvalue weighted by molar-refractivity contribution is 9.10. The summed E-state index contributed by atoms with van der Waals surface area (Å²) >= 11 is 3.43. The van der Waals surface area contributed by atoms with Gasteiger partial charge in [-0.3, -0.25) is 0 Å². The van der Waals surface area contributed by atoms with Crippen molar-refractivity contribution in [2.24, 2.45) is 0 Å². The highest BCUT2D eigenvalue weighted by atomic mass is 79.9. The Morgan fingerprint density at radius 3 is 2.64 bits per heavy atom. The summed E-state index contributed by atoms with van der Waals surface area (Å²) in [6, 6.07) is 13.9. The standard InChI is InChI=1S/C19H15BrO2/c1-12-6-7-17(13(2)8-12)18-11-15(19(21)22-18)9-14-4-3-5-16(20)10-14/h3-11H,1-2H3/b15-9+. The monoisotopic (exact) mass is 354 g/mol. The van der Waals surface area contributed by atoms with Crippen LogP contribution in [0.2, 0.25) is 0 Å². The molecule has 0 bridgehead atoms. The molecule has 3 heteroatoms. The molecule has 0 aliphatic carbocycles. The lowest BCUT2D eigenvalue weighted by Crippen LogP contribution is -1.98. The zero-order valence-corrected chi connectivity index (χ0v) is 14.0. The lowest BCUT2D eigenvalue weighted by atomic mass is 10.0. The zero-order chi connectivity index (χ0) is 15.7. The Kier molecular flexibility index (Phi) is 3.99. The van der Waals surface area contributed by atoms with Gasteiger partial charge in [-0.2, -0.15) is 0 Å². The number of carbonyl (C=O) groups is 1. The molecule has 22 heavy (non-hydrogen) atoms. The highest BCUT2D eigenvalue weighted by Crippen LogP contribution is 2.30. The first-order valence-electron chi connectivity index (χ1n) is 7.02. The Hall–Kier alpha value is -2.13. The second-order valence-electron chi connectivity index (χ2n) is 5.37. The molecule has 0 fully saturated rings. The molecule has 2 aromatic rings. The minimum absolute atomic E-state index is 0.310. The number of aryl methyl sites for hydroxylation is 2. The summed E-state index contributed by atoms with van der Waals surface area (Å²) in [7, 11) is 0. The van der Waals surface area contributed by atoms with E-state index in [0.29, 0.717) is 11.3 Å². The molecule has 0 atom stereocenters. The van der Waals surface area contributed by atoms with Crippen LogP contribution in [0.5, 0.6) is 0 Å². The average Bonchev–Trinajstić information content (AvgIpc) is 2.80. The zero-order valence-electron chi connectivity index (χ0n) is 12.4. The Morgan fingerprint density at radius 1 is 1.09 bits per heavy atom. The maximum atomic E-state index is 12.1. The molecule has 0 N–H and O–H groups in total. The first kappa shape index (κ1) is 14.8. The van der Waals surface area contributed by atoms with Gasteiger partial charge in [-0.15, -0.1) is 0 Å². The van der Waals surface area contributed by atoms with Gasteiger partial charge >= 0.3 is 5.97 Å². The normalized spacial score (nSPS) is 15.9. The highest BCUT2D eigenvalue weighted by Gasteiger charge is 2.22. The van der Waals surface area contributed by atoms with Crippen molar-refractivity contribution in [3.05, 3.63) is 80.8 Å². The van der Waals surface area contributed by atoms with Crippen LogP contribution in [0, 0.1) is 13.8 Å². The van der Waals surface area contributed by atoms with E-state index >= 15 is 0 Å². The van der Waals surface area contributed by atoms with Crippen LogP contribution in [-0.4, -0.2) is 5.97 Å². The predicted molar refractivity (Wildman–Crippen MR) is 92.1 cm³/mol. The van der Waals surface area contributed by atoms with Crippen LogP contribution in [0.3, 0.4) is 0 Å². The molecule has 2 aromatic carbocycles. The van der Waals surface area contributed by atoms with Crippen LogP contribution >= 0.6 is 15.9 Å². The number of rotatable bonds is 2. The minimum atomic E-state index is -0.310. The average molecular weight is 355 g/mol. The van der Waals surface area contributed by atoms with Gasteiger partial charge in [0.15, 0.2) is 0 Å². The summed E-state index contributed by atoms with van der Waals surface area (Å²) in [4.78, 5) is 12.1. The molecule has 0 saturated heterocycles. The summed E-state index contributed by atoms with van der Waals surface area (Å²) in [6.07, 6.45) is 3.64. The van der Waals surface area contributed by atoms with Crippen molar-refractivity contribution >= 4 is 33.7 Å². The Balaban J connectivity index is 1.98. The SMILES string of the molecule is Cc1ccc(C2=C/C(=C\c3cccc(Br)c3)C(=O)O2)c(C)c1. The summed E-state index contributed by atoms with van der Waals surface area (Å²) < 4.78 is 6.40. The van der Waals surface area contributed by atoms with E-state index in [0.717, 1.165) is 21.2 Å². The molecule has 110 valence electrons. The molecule has 1 aliphatic heterocycles. The van der Waals surface area contributed by atoms with E-state index in [-0.39, 0.29) is 5.97 Å². The molecule has 0 radical (unpaired) electrons. The van der Waals surface area contributed by atoms with Gasteiger partial charge in [-0.05, 0) is 49.3 Å². The van der Waals surface area contributed by atoms with E-state index in [1.807, 2.05) is 56.3 Å². The Labute approximate surface area is 138 Å². The summed E-state index contributed by atoms with van der Waals surface area (Å²) in [5.74, 6) is 0.304. The summed E-state index contributed by atoms with van der Waals surface area (Å²) in [5, 5.41) is 0. The molecule has 0 aromatic heterocycles. The van der Waals surface area contributed by atoms with Gasteiger partial charge in [-0.1, -0.05) is 51.8 Å². The van der Waals surface area contributed by atoms with Gasteiger partial charge in [-0.25, -0.2) is 4.79 Å². The minimum Gasteiger partial charge on any atom is -0.422 e. The van der Waals surface area contributed by atoms with Gasteiger partial charge in [0.05, 0.1) is 5.57 Å². The van der Waals surface area contributed by atoms with E-state index in [9.17, 15) is 4.79 Å². The van der Waals surface area contributed by atoms with Crippen LogP contribution < -0.4 is 0 Å². The Bertz CT molecular complexity index is 816. The van der Waals surface area contributed by atoms with Crippen molar-refractivity contribution < 1.29 is 9.53 Å². The third-order valence-electron chi connectivity index (χ3n) is 3.54. The number of carbonyl (C=O) groups excluding carboxylic acids is 1. The van der Waals surface area contributed by atoms with Gasteiger partial charge in [0.25, 0.3) is 0 Å². The fraction of sp³-hybridized carbons (Fsp3) is 0.105. The van der Waals surface area contributed by atoms with Gasteiger partial charge in [0.2, 0.25) is 0 Å². The third kappa shape index (κ3) is 3.04. The smallest absolute Gasteiger partial charge is 0.343 e. The molecular weight excluding hydrogens is 340 g/mol. The summed E-state index contributed by atoms with van der Waals surface area (Å²) in [6.45, 7) is 4.07. The maximum Gasteiger partial charge on any atom is 0.343 e. The number of cyclic esters (lactones) is 1. The molecule has 1 heterocycles. The van der Waals surface area contributed by atoms with Crippen molar-refractivity contribution in [2.75, 3.05) is 0 Å². The molecule has 1 aliphatic rings. The van der Waals surface area contributed by atoms with Crippen molar-refractivity contribution in [3.8, 4) is 0 Å². The van der Waals surface area contributed by atoms with Crippen molar-refractivity contribution in [1.82, 2.24) is 0 Å². The number of benzene rings is 2. The number of esters is 1. The molecule has 0 amide bonds. The first-order valence-corrected chi connectivity index (χ1v) is 7.81. The van der Waals surface area contributed by atoms with Crippen molar-refractivity contribution in [3.63, 3.8) is 0 Å². The number of hydrogen-bond acceptors (Lipinski definition) is 2. The lowest BCUT2D eigenvalue weighted by molar-refractivity contribution is -0.130. The molecule has 0 unspecified atom stereocenters. The second kappa shape index (κ2) is 5.93. The quantitative estimate of drug-likeness (QED) is 0.557. The van der Waals surface area contributed by atoms with Crippen LogP contribution in [0.15, 0.2) is 58.6 Å². The fourth-order valence-corrected chi connectivity index (χ4v) is 2.90. The van der Waals surface area contributed by atoms with Gasteiger partial charge in [0.1, 0.15) is 5.76 Å². The molecule has 0 spiro atoms. The van der Waals surface area contributed by atoms with E-state index in [1.165, 1.54) is 5.56 Å².